The Bertz CT molecular complexity index is 787. The maximum Gasteiger partial charge on any atom is 0.399 e. The zero-order chi connectivity index (χ0) is 30.7. The lowest BCUT2D eigenvalue weighted by Crippen LogP contribution is -2.28. The third-order valence-electron chi connectivity index (χ3n) is 7.13. The molecular formula is C29H60N2O8S2. The Kier molecular flexibility index (Phi) is 26.1. The fourth-order valence-electron chi connectivity index (χ4n) is 4.64. The summed E-state index contributed by atoms with van der Waals surface area (Å²) < 4.78 is 68.9. The SMILES string of the molecule is CCCCCCCCCCCCCCCCCCCCCCCCN(C)C=CN(COS(=O)(=O)O)COS(=O)(=O)O. The summed E-state index contributed by atoms with van der Waals surface area (Å²) in [5, 5.41) is 0. The van der Waals surface area contributed by atoms with E-state index in [1.165, 1.54) is 135 Å². The first-order valence-electron chi connectivity index (χ1n) is 15.9. The summed E-state index contributed by atoms with van der Waals surface area (Å²) in [6, 6.07) is 0. The summed E-state index contributed by atoms with van der Waals surface area (Å²) in [5.74, 6) is 0. The van der Waals surface area contributed by atoms with Crippen molar-refractivity contribution in [2.45, 2.75) is 148 Å². The van der Waals surface area contributed by atoms with Gasteiger partial charge >= 0.3 is 20.8 Å². The average molecular weight is 629 g/mol. The minimum atomic E-state index is -4.71. The predicted molar refractivity (Wildman–Crippen MR) is 166 cm³/mol. The van der Waals surface area contributed by atoms with Crippen molar-refractivity contribution in [1.82, 2.24) is 9.80 Å². The van der Waals surface area contributed by atoms with Gasteiger partial charge in [0.1, 0.15) is 13.5 Å². The Hall–Kier alpha value is -0.920. The number of hydrogen-bond acceptors (Lipinski definition) is 8. The highest BCUT2D eigenvalue weighted by Crippen LogP contribution is 2.15. The molecule has 246 valence electrons. The van der Waals surface area contributed by atoms with Crippen molar-refractivity contribution < 1.29 is 34.3 Å². The van der Waals surface area contributed by atoms with Gasteiger partial charge in [-0.3, -0.25) is 9.11 Å². The normalized spacial score (nSPS) is 12.4. The fourth-order valence-corrected chi connectivity index (χ4v) is 5.18. The first-order valence-corrected chi connectivity index (χ1v) is 18.6. The molecule has 0 aromatic heterocycles. The fraction of sp³-hybridized carbons (Fsp3) is 0.931. The van der Waals surface area contributed by atoms with Crippen LogP contribution in [0, 0.1) is 0 Å². The van der Waals surface area contributed by atoms with Gasteiger partial charge in [0.05, 0.1) is 0 Å². The van der Waals surface area contributed by atoms with Crippen LogP contribution in [0.4, 0.5) is 0 Å². The molecular weight excluding hydrogens is 568 g/mol. The van der Waals surface area contributed by atoms with Crippen LogP contribution in [0.25, 0.3) is 0 Å². The van der Waals surface area contributed by atoms with Crippen LogP contribution in [0.3, 0.4) is 0 Å². The number of unbranched alkanes of at least 4 members (excludes halogenated alkanes) is 21. The van der Waals surface area contributed by atoms with E-state index in [1.807, 2.05) is 11.9 Å². The van der Waals surface area contributed by atoms with Crippen LogP contribution < -0.4 is 0 Å². The van der Waals surface area contributed by atoms with E-state index in [0.717, 1.165) is 24.3 Å². The predicted octanol–water partition coefficient (Wildman–Crippen LogP) is 7.85. The Labute approximate surface area is 252 Å². The molecule has 0 aromatic carbocycles. The summed E-state index contributed by atoms with van der Waals surface area (Å²) in [4.78, 5) is 2.89. The van der Waals surface area contributed by atoms with Gasteiger partial charge in [-0.1, -0.05) is 142 Å². The Morgan fingerprint density at radius 2 is 0.805 bits per heavy atom. The van der Waals surface area contributed by atoms with Gasteiger partial charge in [-0.05, 0) is 6.42 Å². The van der Waals surface area contributed by atoms with Crippen molar-refractivity contribution in [3.8, 4) is 0 Å². The first kappa shape index (κ1) is 40.1. The Morgan fingerprint density at radius 3 is 1.10 bits per heavy atom. The van der Waals surface area contributed by atoms with Crippen LogP contribution in [0.5, 0.6) is 0 Å². The van der Waals surface area contributed by atoms with Gasteiger partial charge in [-0.25, -0.2) is 8.37 Å². The van der Waals surface area contributed by atoms with Crippen molar-refractivity contribution in [3.63, 3.8) is 0 Å². The summed E-state index contributed by atoms with van der Waals surface area (Å²) in [6.45, 7) is 1.68. The van der Waals surface area contributed by atoms with E-state index in [1.54, 1.807) is 6.20 Å². The van der Waals surface area contributed by atoms with Crippen molar-refractivity contribution in [1.29, 1.82) is 0 Å². The molecule has 0 unspecified atom stereocenters. The number of hydrogen-bond donors (Lipinski definition) is 2. The summed E-state index contributed by atoms with van der Waals surface area (Å²) in [5.41, 5.74) is 0. The van der Waals surface area contributed by atoms with E-state index in [-0.39, 0.29) is 0 Å². The van der Waals surface area contributed by atoms with Gasteiger partial charge in [-0.15, -0.1) is 0 Å². The molecule has 0 aliphatic rings. The average Bonchev–Trinajstić information content (AvgIpc) is 2.90. The molecule has 0 amide bonds. The van der Waals surface area contributed by atoms with Crippen LogP contribution in [-0.4, -0.2) is 62.8 Å². The maximum atomic E-state index is 10.8. The highest BCUT2D eigenvalue weighted by atomic mass is 32.3. The first-order chi connectivity index (χ1) is 19.5. The highest BCUT2D eigenvalue weighted by Gasteiger charge is 2.12. The van der Waals surface area contributed by atoms with Gasteiger partial charge in [0, 0.05) is 26.0 Å². The topological polar surface area (TPSA) is 134 Å². The van der Waals surface area contributed by atoms with Crippen LogP contribution in [-0.2, 0) is 29.2 Å². The van der Waals surface area contributed by atoms with E-state index >= 15 is 0 Å². The zero-order valence-electron chi connectivity index (χ0n) is 25.9. The van der Waals surface area contributed by atoms with Crippen molar-refractivity contribution in [2.75, 3.05) is 27.1 Å². The Morgan fingerprint density at radius 1 is 0.512 bits per heavy atom. The van der Waals surface area contributed by atoms with Crippen molar-refractivity contribution in [3.05, 3.63) is 12.4 Å². The van der Waals surface area contributed by atoms with E-state index in [2.05, 4.69) is 15.3 Å². The third-order valence-corrected chi connectivity index (χ3v) is 7.94. The molecule has 0 rings (SSSR count). The van der Waals surface area contributed by atoms with Crippen LogP contribution in [0.1, 0.15) is 148 Å². The summed E-state index contributed by atoms with van der Waals surface area (Å²) >= 11 is 0. The molecule has 0 fully saturated rings. The van der Waals surface area contributed by atoms with E-state index < -0.39 is 34.3 Å². The van der Waals surface area contributed by atoms with Gasteiger partial charge in [-0.2, -0.15) is 16.8 Å². The second-order valence-electron chi connectivity index (χ2n) is 11.1. The molecule has 0 aliphatic heterocycles. The molecule has 12 heteroatoms. The maximum absolute atomic E-state index is 10.8. The van der Waals surface area contributed by atoms with Gasteiger partial charge in [0.25, 0.3) is 0 Å². The van der Waals surface area contributed by atoms with E-state index in [0.29, 0.717) is 0 Å². The molecule has 0 saturated heterocycles. The van der Waals surface area contributed by atoms with Gasteiger partial charge in [0.15, 0.2) is 0 Å². The lowest BCUT2D eigenvalue weighted by molar-refractivity contribution is 0.0855. The van der Waals surface area contributed by atoms with Crippen LogP contribution in [0.2, 0.25) is 0 Å². The molecule has 2 N–H and O–H groups in total. The van der Waals surface area contributed by atoms with Crippen molar-refractivity contribution >= 4 is 20.8 Å². The molecule has 0 heterocycles. The Balaban J connectivity index is 3.60. The van der Waals surface area contributed by atoms with E-state index in [9.17, 15) is 16.8 Å². The largest absolute Gasteiger partial charge is 0.399 e. The summed E-state index contributed by atoms with van der Waals surface area (Å²) in [7, 11) is -7.59. The molecule has 10 nitrogen and oxygen atoms in total. The number of rotatable bonds is 31. The smallest absolute Gasteiger partial charge is 0.379 e. The van der Waals surface area contributed by atoms with Gasteiger partial charge < -0.3 is 9.80 Å². The molecule has 0 saturated carbocycles. The molecule has 41 heavy (non-hydrogen) atoms. The molecule has 0 aromatic rings. The number of nitrogens with zero attached hydrogens (tertiary/aromatic N) is 2. The van der Waals surface area contributed by atoms with Crippen LogP contribution >= 0.6 is 0 Å². The monoisotopic (exact) mass is 628 g/mol. The molecule has 0 radical (unpaired) electrons. The lowest BCUT2D eigenvalue weighted by atomic mass is 10.0. The molecule has 0 bridgehead atoms. The second-order valence-corrected chi connectivity index (χ2v) is 13.3. The van der Waals surface area contributed by atoms with E-state index in [4.69, 9.17) is 9.11 Å². The molecule has 0 atom stereocenters. The molecule has 0 spiro atoms. The quantitative estimate of drug-likeness (QED) is 0.0444. The minimum Gasteiger partial charge on any atom is -0.379 e. The minimum absolute atomic E-state index is 0.682. The second kappa shape index (κ2) is 26.7. The summed E-state index contributed by atoms with van der Waals surface area (Å²) in [6.07, 6.45) is 32.5. The zero-order valence-corrected chi connectivity index (χ0v) is 27.5. The van der Waals surface area contributed by atoms with Crippen molar-refractivity contribution in [2.24, 2.45) is 0 Å². The highest BCUT2D eigenvalue weighted by molar-refractivity contribution is 7.81. The lowest BCUT2D eigenvalue weighted by Gasteiger charge is -2.20. The molecule has 0 aliphatic carbocycles. The standard InChI is InChI=1S/C29H60N2O8S2/c1-3-4-5-6-7-8-9-10-11-12-13-14-15-16-17-18-19-20-21-22-23-24-25-30(2)26-27-31(28-38-40(32,33)34)29-39-41(35,36)37/h26-27H,3-25,28-29H2,1-2H3,(H,32,33,34)(H,35,36,37). The van der Waals surface area contributed by atoms with Gasteiger partial charge in [0.2, 0.25) is 0 Å². The third kappa shape index (κ3) is 33.4. The van der Waals surface area contributed by atoms with Crippen LogP contribution in [0.15, 0.2) is 12.4 Å².